The number of aromatic nitrogens is 1. The standard InChI is InChI=1S/C16H25N3O/c1-12(2)13-5-4-9-19(10-7-13)16(20)14-11-18-8-6-15(14)17-3/h6,8,11-13H,4-5,7,9-10H2,1-3H3,(H,17,18). The summed E-state index contributed by atoms with van der Waals surface area (Å²) in [7, 11) is 1.84. The third-order valence-corrected chi connectivity index (χ3v) is 4.32. The fourth-order valence-corrected chi connectivity index (χ4v) is 2.95. The van der Waals surface area contributed by atoms with Crippen molar-refractivity contribution in [3.63, 3.8) is 0 Å². The summed E-state index contributed by atoms with van der Waals surface area (Å²) in [6, 6.07) is 1.85. The predicted octanol–water partition coefficient (Wildman–Crippen LogP) is 3.02. The molecular formula is C16H25N3O. The van der Waals surface area contributed by atoms with Gasteiger partial charge in [-0.3, -0.25) is 9.78 Å². The van der Waals surface area contributed by atoms with E-state index in [4.69, 9.17) is 0 Å². The second kappa shape index (κ2) is 6.73. The Morgan fingerprint density at radius 3 is 2.90 bits per heavy atom. The molecule has 0 saturated carbocycles. The minimum absolute atomic E-state index is 0.104. The molecule has 1 fully saturated rings. The maximum Gasteiger partial charge on any atom is 0.257 e. The van der Waals surface area contributed by atoms with Crippen LogP contribution in [0.2, 0.25) is 0 Å². The lowest BCUT2D eigenvalue weighted by Crippen LogP contribution is -2.32. The summed E-state index contributed by atoms with van der Waals surface area (Å²) in [5.41, 5.74) is 1.53. The van der Waals surface area contributed by atoms with E-state index >= 15 is 0 Å². The molecule has 1 aromatic rings. The number of carbonyl (C=O) groups excluding carboxylic acids is 1. The van der Waals surface area contributed by atoms with Crippen molar-refractivity contribution >= 4 is 11.6 Å². The van der Waals surface area contributed by atoms with Gasteiger partial charge in [-0.2, -0.15) is 0 Å². The molecule has 0 aromatic carbocycles. The Balaban J connectivity index is 2.09. The van der Waals surface area contributed by atoms with Crippen LogP contribution in [0.4, 0.5) is 5.69 Å². The molecule has 2 rings (SSSR count). The lowest BCUT2D eigenvalue weighted by molar-refractivity contribution is 0.0759. The van der Waals surface area contributed by atoms with Crippen molar-refractivity contribution in [2.75, 3.05) is 25.5 Å². The fraction of sp³-hybridized carbons (Fsp3) is 0.625. The second-order valence-electron chi connectivity index (χ2n) is 5.90. The molecule has 2 heterocycles. The summed E-state index contributed by atoms with van der Waals surface area (Å²) < 4.78 is 0. The zero-order valence-corrected chi connectivity index (χ0v) is 12.7. The molecule has 4 nitrogen and oxygen atoms in total. The second-order valence-corrected chi connectivity index (χ2v) is 5.90. The van der Waals surface area contributed by atoms with Gasteiger partial charge >= 0.3 is 0 Å². The molecule has 20 heavy (non-hydrogen) atoms. The van der Waals surface area contributed by atoms with Gasteiger partial charge in [0.2, 0.25) is 0 Å². The van der Waals surface area contributed by atoms with Crippen LogP contribution >= 0.6 is 0 Å². The Labute approximate surface area is 121 Å². The molecule has 1 aromatic heterocycles. The molecule has 0 bridgehead atoms. The highest BCUT2D eigenvalue weighted by atomic mass is 16.2. The average molecular weight is 275 g/mol. The normalized spacial score (nSPS) is 19.8. The minimum atomic E-state index is 0.104. The number of rotatable bonds is 3. The van der Waals surface area contributed by atoms with E-state index in [-0.39, 0.29) is 5.91 Å². The Hall–Kier alpha value is -1.58. The zero-order valence-electron chi connectivity index (χ0n) is 12.7. The molecule has 1 unspecified atom stereocenters. The molecule has 1 aliphatic rings. The predicted molar refractivity (Wildman–Crippen MR) is 81.9 cm³/mol. The number of amides is 1. The Kier molecular flexibility index (Phi) is 4.99. The van der Waals surface area contributed by atoms with Crippen LogP contribution in [-0.4, -0.2) is 35.9 Å². The highest BCUT2D eigenvalue weighted by molar-refractivity contribution is 5.99. The van der Waals surface area contributed by atoms with Gasteiger partial charge < -0.3 is 10.2 Å². The van der Waals surface area contributed by atoms with Crippen molar-refractivity contribution in [1.29, 1.82) is 0 Å². The summed E-state index contributed by atoms with van der Waals surface area (Å²) in [4.78, 5) is 18.7. The van der Waals surface area contributed by atoms with Gasteiger partial charge in [-0.1, -0.05) is 13.8 Å². The van der Waals surface area contributed by atoms with Crippen molar-refractivity contribution < 1.29 is 4.79 Å². The Morgan fingerprint density at radius 2 is 2.20 bits per heavy atom. The van der Waals surface area contributed by atoms with Gasteiger partial charge in [-0.15, -0.1) is 0 Å². The van der Waals surface area contributed by atoms with E-state index in [0.717, 1.165) is 37.5 Å². The van der Waals surface area contributed by atoms with E-state index in [9.17, 15) is 4.79 Å². The molecule has 4 heteroatoms. The van der Waals surface area contributed by atoms with Gasteiger partial charge in [0.15, 0.2) is 0 Å². The number of hydrogen-bond donors (Lipinski definition) is 1. The lowest BCUT2D eigenvalue weighted by atomic mass is 9.89. The van der Waals surface area contributed by atoms with Gasteiger partial charge in [0.05, 0.1) is 5.56 Å². The summed E-state index contributed by atoms with van der Waals surface area (Å²) >= 11 is 0. The van der Waals surface area contributed by atoms with Crippen LogP contribution in [0.5, 0.6) is 0 Å². The number of hydrogen-bond acceptors (Lipinski definition) is 3. The monoisotopic (exact) mass is 275 g/mol. The van der Waals surface area contributed by atoms with Crippen molar-refractivity contribution in [3.8, 4) is 0 Å². The Bertz CT molecular complexity index is 459. The van der Waals surface area contributed by atoms with Crippen molar-refractivity contribution in [1.82, 2.24) is 9.88 Å². The quantitative estimate of drug-likeness (QED) is 0.922. The van der Waals surface area contributed by atoms with E-state index in [0.29, 0.717) is 11.5 Å². The average Bonchev–Trinajstić information content (AvgIpc) is 2.72. The van der Waals surface area contributed by atoms with Crippen LogP contribution in [0.15, 0.2) is 18.5 Å². The molecule has 0 radical (unpaired) electrons. The van der Waals surface area contributed by atoms with Gasteiger partial charge in [0, 0.05) is 38.2 Å². The van der Waals surface area contributed by atoms with Crippen molar-refractivity contribution in [3.05, 3.63) is 24.0 Å². The first-order valence-corrected chi connectivity index (χ1v) is 7.54. The maximum atomic E-state index is 12.7. The third-order valence-electron chi connectivity index (χ3n) is 4.32. The third kappa shape index (κ3) is 3.30. The van der Waals surface area contributed by atoms with E-state index < -0.39 is 0 Å². The van der Waals surface area contributed by atoms with Crippen LogP contribution in [0.3, 0.4) is 0 Å². The number of anilines is 1. The van der Waals surface area contributed by atoms with E-state index in [2.05, 4.69) is 24.1 Å². The van der Waals surface area contributed by atoms with Crippen LogP contribution < -0.4 is 5.32 Å². The summed E-state index contributed by atoms with van der Waals surface area (Å²) in [5.74, 6) is 1.55. The van der Waals surface area contributed by atoms with Crippen LogP contribution in [-0.2, 0) is 0 Å². The molecule has 0 aliphatic carbocycles. The smallest absolute Gasteiger partial charge is 0.257 e. The molecule has 110 valence electrons. The van der Waals surface area contributed by atoms with Gasteiger partial charge in [-0.05, 0) is 37.2 Å². The van der Waals surface area contributed by atoms with Crippen molar-refractivity contribution in [2.45, 2.75) is 33.1 Å². The first-order valence-electron chi connectivity index (χ1n) is 7.54. The highest BCUT2D eigenvalue weighted by Crippen LogP contribution is 2.26. The van der Waals surface area contributed by atoms with E-state index in [1.807, 2.05) is 18.0 Å². The number of nitrogens with one attached hydrogen (secondary N) is 1. The van der Waals surface area contributed by atoms with Gasteiger partial charge in [-0.25, -0.2) is 0 Å². The van der Waals surface area contributed by atoms with Crippen LogP contribution in [0.1, 0.15) is 43.5 Å². The van der Waals surface area contributed by atoms with Gasteiger partial charge in [0.1, 0.15) is 0 Å². The number of carbonyl (C=O) groups is 1. The first kappa shape index (κ1) is 14.8. The summed E-state index contributed by atoms with van der Waals surface area (Å²) in [5, 5.41) is 3.07. The highest BCUT2D eigenvalue weighted by Gasteiger charge is 2.24. The minimum Gasteiger partial charge on any atom is -0.387 e. The summed E-state index contributed by atoms with van der Waals surface area (Å²) in [6.07, 6.45) is 6.81. The SMILES string of the molecule is CNc1ccncc1C(=O)N1CCCC(C(C)C)CC1. The van der Waals surface area contributed by atoms with Gasteiger partial charge in [0.25, 0.3) is 5.91 Å². The van der Waals surface area contributed by atoms with Crippen LogP contribution in [0.25, 0.3) is 0 Å². The van der Waals surface area contributed by atoms with Crippen LogP contribution in [0, 0.1) is 11.8 Å². The zero-order chi connectivity index (χ0) is 14.5. The maximum absolute atomic E-state index is 12.7. The molecule has 1 aliphatic heterocycles. The molecule has 0 spiro atoms. The largest absolute Gasteiger partial charge is 0.387 e. The van der Waals surface area contributed by atoms with E-state index in [1.165, 1.54) is 6.42 Å². The first-order chi connectivity index (χ1) is 9.63. The Morgan fingerprint density at radius 1 is 1.40 bits per heavy atom. The lowest BCUT2D eigenvalue weighted by Gasteiger charge is -2.22. The molecular weight excluding hydrogens is 250 g/mol. The summed E-state index contributed by atoms with van der Waals surface area (Å²) in [6.45, 7) is 6.28. The molecule has 1 atom stereocenters. The molecule has 1 saturated heterocycles. The number of nitrogens with zero attached hydrogens (tertiary/aromatic N) is 2. The molecule has 1 N–H and O–H groups in total. The number of likely N-dealkylation sites (tertiary alicyclic amines) is 1. The topological polar surface area (TPSA) is 45.2 Å². The van der Waals surface area contributed by atoms with E-state index in [1.54, 1.807) is 12.4 Å². The number of pyridine rings is 1. The fourth-order valence-electron chi connectivity index (χ4n) is 2.95. The van der Waals surface area contributed by atoms with Crippen molar-refractivity contribution in [2.24, 2.45) is 11.8 Å². The molecule has 1 amide bonds.